The molecule has 0 atom stereocenters. The number of benzene rings is 2. The molecule has 7 heteroatoms. The van der Waals surface area contributed by atoms with E-state index in [9.17, 15) is 13.6 Å². The highest BCUT2D eigenvalue weighted by molar-refractivity contribution is 6.06. The number of hydrogen-bond acceptors (Lipinski definition) is 4. The van der Waals surface area contributed by atoms with Crippen LogP contribution in [0.2, 0.25) is 0 Å². The summed E-state index contributed by atoms with van der Waals surface area (Å²) in [4.78, 5) is 12.5. The van der Waals surface area contributed by atoms with Gasteiger partial charge in [-0.15, -0.1) is 8.78 Å². The molecule has 4 rings (SSSR count). The van der Waals surface area contributed by atoms with Gasteiger partial charge in [0.15, 0.2) is 17.3 Å². The van der Waals surface area contributed by atoms with Crippen LogP contribution >= 0.6 is 0 Å². The zero-order valence-electron chi connectivity index (χ0n) is 12.7. The largest absolute Gasteiger partial charge is 0.586 e. The quantitative estimate of drug-likeness (QED) is 0.759. The fourth-order valence-corrected chi connectivity index (χ4v) is 2.54. The monoisotopic (exact) mass is 343 g/mol. The predicted octanol–water partition coefficient (Wildman–Crippen LogP) is 4.52. The Labute approximate surface area is 140 Å². The van der Waals surface area contributed by atoms with Gasteiger partial charge in [0, 0.05) is 17.3 Å². The molecule has 0 aliphatic carbocycles. The summed E-state index contributed by atoms with van der Waals surface area (Å²) >= 11 is 0. The maximum atomic E-state index is 13.0. The summed E-state index contributed by atoms with van der Waals surface area (Å²) < 4.78 is 40.1. The molecule has 0 radical (unpaired) electrons. The van der Waals surface area contributed by atoms with E-state index in [0.717, 1.165) is 5.56 Å². The number of furan rings is 1. The number of amides is 1. The first-order valence-corrected chi connectivity index (χ1v) is 7.36. The molecule has 5 nitrogen and oxygen atoms in total. The second kappa shape index (κ2) is 5.62. The summed E-state index contributed by atoms with van der Waals surface area (Å²) in [6.07, 6.45) is -2.29. The standard InChI is InChI=1S/C18H11F2NO4/c19-18(20)24-14-7-6-12(10-15(14)25-18)21-17(22)16-13(8-9-23-16)11-4-2-1-3-5-11/h1-10H,(H,21,22). The number of hydrogen-bond donors (Lipinski definition) is 1. The van der Waals surface area contributed by atoms with Crippen molar-refractivity contribution in [2.24, 2.45) is 0 Å². The minimum absolute atomic E-state index is 0.0917. The molecule has 126 valence electrons. The summed E-state index contributed by atoms with van der Waals surface area (Å²) in [5.74, 6) is -0.625. The summed E-state index contributed by atoms with van der Waals surface area (Å²) in [5, 5.41) is 2.60. The van der Waals surface area contributed by atoms with E-state index in [4.69, 9.17) is 4.42 Å². The van der Waals surface area contributed by atoms with E-state index in [1.165, 1.54) is 24.5 Å². The molecule has 0 unspecified atom stereocenters. The fourth-order valence-electron chi connectivity index (χ4n) is 2.54. The van der Waals surface area contributed by atoms with Crippen LogP contribution in [0.5, 0.6) is 11.5 Å². The van der Waals surface area contributed by atoms with Gasteiger partial charge < -0.3 is 19.2 Å². The highest BCUT2D eigenvalue weighted by atomic mass is 19.3. The molecule has 0 spiro atoms. The Bertz CT molecular complexity index is 937. The van der Waals surface area contributed by atoms with Crippen molar-refractivity contribution in [1.82, 2.24) is 0 Å². The molecule has 0 saturated carbocycles. The smallest absolute Gasteiger partial charge is 0.459 e. The average molecular weight is 343 g/mol. The molecular formula is C18H11F2NO4. The van der Waals surface area contributed by atoms with Crippen LogP contribution in [0.25, 0.3) is 11.1 Å². The third-order valence-corrected chi connectivity index (χ3v) is 3.62. The molecule has 0 saturated heterocycles. The lowest BCUT2D eigenvalue weighted by Crippen LogP contribution is -2.25. The van der Waals surface area contributed by atoms with Crippen LogP contribution in [-0.2, 0) is 0 Å². The number of carbonyl (C=O) groups excluding carboxylic acids is 1. The van der Waals surface area contributed by atoms with Crippen LogP contribution in [0.15, 0.2) is 65.3 Å². The molecular weight excluding hydrogens is 332 g/mol. The number of rotatable bonds is 3. The molecule has 1 N–H and O–H groups in total. The van der Waals surface area contributed by atoms with Crippen molar-refractivity contribution in [3.63, 3.8) is 0 Å². The number of halogens is 2. The van der Waals surface area contributed by atoms with Crippen LogP contribution in [0, 0.1) is 0 Å². The maximum absolute atomic E-state index is 13.0. The van der Waals surface area contributed by atoms with Crippen LogP contribution < -0.4 is 14.8 Å². The van der Waals surface area contributed by atoms with Crippen molar-refractivity contribution in [3.05, 3.63) is 66.6 Å². The van der Waals surface area contributed by atoms with Gasteiger partial charge in [0.1, 0.15) is 0 Å². The molecule has 2 aromatic carbocycles. The number of alkyl halides is 2. The van der Waals surface area contributed by atoms with Gasteiger partial charge in [-0.3, -0.25) is 4.79 Å². The Hall–Kier alpha value is -3.35. The highest BCUT2D eigenvalue weighted by Gasteiger charge is 2.43. The van der Waals surface area contributed by atoms with Gasteiger partial charge in [-0.05, 0) is 23.8 Å². The average Bonchev–Trinajstić information content (AvgIpc) is 3.18. The lowest BCUT2D eigenvalue weighted by atomic mass is 10.1. The Kier molecular flexibility index (Phi) is 3.42. The SMILES string of the molecule is O=C(Nc1ccc2c(c1)OC(F)(F)O2)c1occc1-c1ccccc1. The van der Waals surface area contributed by atoms with Crippen LogP contribution in [0.1, 0.15) is 10.6 Å². The molecule has 25 heavy (non-hydrogen) atoms. The molecule has 0 bridgehead atoms. The van der Waals surface area contributed by atoms with Crippen molar-refractivity contribution >= 4 is 11.6 Å². The minimum atomic E-state index is -3.70. The molecule has 1 aliphatic rings. The van der Waals surface area contributed by atoms with E-state index < -0.39 is 12.2 Å². The highest BCUT2D eigenvalue weighted by Crippen LogP contribution is 2.42. The minimum Gasteiger partial charge on any atom is -0.459 e. The summed E-state index contributed by atoms with van der Waals surface area (Å²) in [7, 11) is 0. The summed E-state index contributed by atoms with van der Waals surface area (Å²) in [6.45, 7) is 0. The van der Waals surface area contributed by atoms with Gasteiger partial charge in [-0.25, -0.2) is 0 Å². The molecule has 1 amide bonds. The van der Waals surface area contributed by atoms with Gasteiger partial charge in [0.2, 0.25) is 0 Å². The Morgan fingerprint density at radius 2 is 1.72 bits per heavy atom. The zero-order valence-corrected chi connectivity index (χ0v) is 12.7. The molecule has 1 aromatic heterocycles. The maximum Gasteiger partial charge on any atom is 0.586 e. The van der Waals surface area contributed by atoms with Gasteiger partial charge in [0.05, 0.1) is 6.26 Å². The van der Waals surface area contributed by atoms with Crippen LogP contribution in [-0.4, -0.2) is 12.2 Å². The molecule has 2 heterocycles. The normalized spacial score (nSPS) is 14.3. The van der Waals surface area contributed by atoms with Gasteiger partial charge in [-0.2, -0.15) is 0 Å². The summed E-state index contributed by atoms with van der Waals surface area (Å²) in [6, 6.07) is 15.0. The second-order valence-electron chi connectivity index (χ2n) is 5.31. The van der Waals surface area contributed by atoms with Crippen LogP contribution in [0.4, 0.5) is 14.5 Å². The zero-order chi connectivity index (χ0) is 17.4. The van der Waals surface area contributed by atoms with Crippen molar-refractivity contribution in [1.29, 1.82) is 0 Å². The van der Waals surface area contributed by atoms with E-state index in [-0.39, 0.29) is 22.9 Å². The topological polar surface area (TPSA) is 60.7 Å². The van der Waals surface area contributed by atoms with Crippen LogP contribution in [0.3, 0.4) is 0 Å². The number of anilines is 1. The Morgan fingerprint density at radius 3 is 2.52 bits per heavy atom. The lowest BCUT2D eigenvalue weighted by molar-refractivity contribution is -0.286. The predicted molar refractivity (Wildman–Crippen MR) is 84.7 cm³/mol. The molecule has 1 aliphatic heterocycles. The van der Waals surface area contributed by atoms with E-state index in [0.29, 0.717) is 5.56 Å². The number of ether oxygens (including phenoxy) is 2. The van der Waals surface area contributed by atoms with E-state index in [2.05, 4.69) is 14.8 Å². The Morgan fingerprint density at radius 1 is 0.960 bits per heavy atom. The third kappa shape index (κ3) is 2.91. The van der Waals surface area contributed by atoms with Crippen molar-refractivity contribution < 1.29 is 27.5 Å². The third-order valence-electron chi connectivity index (χ3n) is 3.62. The van der Waals surface area contributed by atoms with E-state index in [1.807, 2.05) is 30.3 Å². The van der Waals surface area contributed by atoms with Gasteiger partial charge in [0.25, 0.3) is 5.91 Å². The van der Waals surface area contributed by atoms with Crippen molar-refractivity contribution in [3.8, 4) is 22.6 Å². The van der Waals surface area contributed by atoms with E-state index >= 15 is 0 Å². The number of carbonyl (C=O) groups is 1. The van der Waals surface area contributed by atoms with E-state index in [1.54, 1.807) is 6.07 Å². The lowest BCUT2D eigenvalue weighted by Gasteiger charge is -2.06. The molecule has 3 aromatic rings. The second-order valence-corrected chi connectivity index (χ2v) is 5.31. The number of fused-ring (bicyclic) bond motifs is 1. The Balaban J connectivity index is 1.58. The first-order valence-electron chi connectivity index (χ1n) is 7.36. The first kappa shape index (κ1) is 15.2. The number of nitrogens with one attached hydrogen (secondary N) is 1. The summed E-state index contributed by atoms with van der Waals surface area (Å²) in [5.41, 5.74) is 1.73. The van der Waals surface area contributed by atoms with Gasteiger partial charge >= 0.3 is 6.29 Å². The fraction of sp³-hybridized carbons (Fsp3) is 0.0556. The van der Waals surface area contributed by atoms with Gasteiger partial charge in [-0.1, -0.05) is 30.3 Å². The van der Waals surface area contributed by atoms with Crippen molar-refractivity contribution in [2.45, 2.75) is 6.29 Å². The first-order chi connectivity index (χ1) is 12.0. The molecule has 0 fully saturated rings. The van der Waals surface area contributed by atoms with Crippen molar-refractivity contribution in [2.75, 3.05) is 5.32 Å².